The molecule has 0 saturated carbocycles. The highest BCUT2D eigenvalue weighted by atomic mass is 16.4. The summed E-state index contributed by atoms with van der Waals surface area (Å²) in [6.07, 6.45) is -0.851. The van der Waals surface area contributed by atoms with Gasteiger partial charge < -0.3 is 9.52 Å². The molecule has 1 aromatic heterocycles. The molecule has 0 bridgehead atoms. The van der Waals surface area contributed by atoms with Crippen LogP contribution in [-0.2, 0) is 0 Å². The molecule has 0 fully saturated rings. The lowest BCUT2D eigenvalue weighted by molar-refractivity contribution is 0.0150. The van der Waals surface area contributed by atoms with Crippen LogP contribution in [0.4, 0.5) is 0 Å². The number of carbonyl (C=O) groups excluding carboxylic acids is 1. The molecule has 2 atom stereocenters. The molecule has 5 nitrogen and oxygen atoms in total. The Morgan fingerprint density at radius 1 is 1.30 bits per heavy atom. The van der Waals surface area contributed by atoms with E-state index in [1.807, 2.05) is 20.8 Å². The van der Waals surface area contributed by atoms with E-state index in [-0.39, 0.29) is 0 Å². The summed E-state index contributed by atoms with van der Waals surface area (Å²) in [7, 11) is 0. The number of rotatable bonds is 2. The Balaban J connectivity index is 2.47. The molecule has 1 aromatic carbocycles. The quantitative estimate of drug-likeness (QED) is 0.914. The van der Waals surface area contributed by atoms with Crippen molar-refractivity contribution in [3.8, 4) is 0 Å². The third-order valence-corrected chi connectivity index (χ3v) is 3.46. The highest BCUT2D eigenvalue weighted by Gasteiger charge is 2.34. The first-order chi connectivity index (χ1) is 9.23. The molecular formula is C15H19NO4. The van der Waals surface area contributed by atoms with E-state index >= 15 is 0 Å². The van der Waals surface area contributed by atoms with Crippen LogP contribution < -0.4 is 5.76 Å². The van der Waals surface area contributed by atoms with E-state index in [4.69, 9.17) is 4.42 Å². The van der Waals surface area contributed by atoms with Gasteiger partial charge in [0.15, 0.2) is 5.58 Å². The average molecular weight is 277 g/mol. The fourth-order valence-corrected chi connectivity index (χ4v) is 2.26. The van der Waals surface area contributed by atoms with E-state index in [1.54, 1.807) is 31.2 Å². The van der Waals surface area contributed by atoms with E-state index in [1.165, 1.54) is 0 Å². The van der Waals surface area contributed by atoms with Crippen LogP contribution in [0.2, 0.25) is 0 Å². The molecule has 0 aliphatic heterocycles. The minimum atomic E-state index is -0.851. The fourth-order valence-electron chi connectivity index (χ4n) is 2.26. The predicted molar refractivity (Wildman–Crippen MR) is 75.7 cm³/mol. The molecule has 0 spiro atoms. The number of carbonyl (C=O) groups is 1. The summed E-state index contributed by atoms with van der Waals surface area (Å²) in [6, 6.07) is 6.74. The second kappa shape index (κ2) is 4.90. The second-order valence-corrected chi connectivity index (χ2v) is 6.11. The Morgan fingerprint density at radius 3 is 2.50 bits per heavy atom. The van der Waals surface area contributed by atoms with Crippen molar-refractivity contribution in [3.63, 3.8) is 0 Å². The van der Waals surface area contributed by atoms with Gasteiger partial charge in [0.05, 0.1) is 17.5 Å². The molecule has 5 heteroatoms. The van der Waals surface area contributed by atoms with Crippen LogP contribution in [-0.4, -0.2) is 21.7 Å². The first-order valence-corrected chi connectivity index (χ1v) is 6.56. The first-order valence-electron chi connectivity index (χ1n) is 6.56. The van der Waals surface area contributed by atoms with Gasteiger partial charge in [0.25, 0.3) is 0 Å². The standard InChI is InChI=1S/C15H19NO4/c1-9(12(17)15(2,3)4)13(18)16-10-7-5-6-8-11(10)20-14(16)19/h5-9,12,17H,1-4H3/t9-,12+/m1/s1. The summed E-state index contributed by atoms with van der Waals surface area (Å²) < 4.78 is 6.04. The summed E-state index contributed by atoms with van der Waals surface area (Å²) in [6.45, 7) is 7.15. The number of benzene rings is 1. The van der Waals surface area contributed by atoms with Crippen molar-refractivity contribution in [2.45, 2.75) is 33.8 Å². The molecule has 0 aliphatic carbocycles. The molecule has 2 rings (SSSR count). The van der Waals surface area contributed by atoms with Crippen molar-refractivity contribution in [1.82, 2.24) is 4.57 Å². The minimum absolute atomic E-state index is 0.364. The number of hydrogen-bond acceptors (Lipinski definition) is 4. The van der Waals surface area contributed by atoms with Crippen molar-refractivity contribution < 1.29 is 14.3 Å². The van der Waals surface area contributed by atoms with Crippen LogP contribution in [0.15, 0.2) is 33.5 Å². The number of para-hydroxylation sites is 2. The molecule has 1 heterocycles. The number of aliphatic hydroxyl groups is 1. The molecule has 20 heavy (non-hydrogen) atoms. The molecule has 1 N–H and O–H groups in total. The van der Waals surface area contributed by atoms with Gasteiger partial charge in [0.2, 0.25) is 5.91 Å². The Bertz CT molecular complexity index is 690. The normalized spacial score (nSPS) is 15.2. The van der Waals surface area contributed by atoms with Gasteiger partial charge in [-0.1, -0.05) is 39.8 Å². The lowest BCUT2D eigenvalue weighted by Crippen LogP contribution is -2.40. The smallest absolute Gasteiger partial charge is 0.407 e. The number of nitrogens with zero attached hydrogens (tertiary/aromatic N) is 1. The van der Waals surface area contributed by atoms with Crippen molar-refractivity contribution in [1.29, 1.82) is 0 Å². The van der Waals surface area contributed by atoms with E-state index in [9.17, 15) is 14.7 Å². The largest absolute Gasteiger partial charge is 0.426 e. The maximum absolute atomic E-state index is 12.5. The van der Waals surface area contributed by atoms with Crippen LogP contribution in [0.25, 0.3) is 11.1 Å². The Morgan fingerprint density at radius 2 is 1.90 bits per heavy atom. The Kier molecular flexibility index (Phi) is 3.56. The van der Waals surface area contributed by atoms with Gasteiger partial charge in [-0.25, -0.2) is 9.36 Å². The first kappa shape index (κ1) is 14.5. The van der Waals surface area contributed by atoms with Gasteiger partial charge in [-0.3, -0.25) is 4.79 Å². The summed E-state index contributed by atoms with van der Waals surface area (Å²) in [5.74, 6) is -1.87. The molecule has 0 unspecified atom stereocenters. The third kappa shape index (κ3) is 2.41. The maximum Gasteiger partial charge on any atom is 0.426 e. The minimum Gasteiger partial charge on any atom is -0.407 e. The van der Waals surface area contributed by atoms with Crippen molar-refractivity contribution >= 4 is 17.0 Å². The molecular weight excluding hydrogens is 258 g/mol. The lowest BCUT2D eigenvalue weighted by Gasteiger charge is -2.29. The predicted octanol–water partition coefficient (Wildman–Crippen LogP) is 2.28. The van der Waals surface area contributed by atoms with E-state index < -0.39 is 29.1 Å². The Labute approximate surface area is 116 Å². The zero-order valence-electron chi connectivity index (χ0n) is 12.1. The van der Waals surface area contributed by atoms with E-state index in [0.29, 0.717) is 11.1 Å². The van der Waals surface area contributed by atoms with Gasteiger partial charge >= 0.3 is 5.76 Å². The van der Waals surface area contributed by atoms with Gasteiger partial charge in [-0.2, -0.15) is 0 Å². The number of oxazole rings is 1. The molecule has 0 amide bonds. The van der Waals surface area contributed by atoms with Gasteiger partial charge in [0.1, 0.15) is 0 Å². The number of hydrogen-bond donors (Lipinski definition) is 1. The second-order valence-electron chi connectivity index (χ2n) is 6.11. The molecule has 108 valence electrons. The SMILES string of the molecule is C[C@@H](C(=O)n1c(=O)oc2ccccc21)[C@H](O)C(C)(C)C. The van der Waals surface area contributed by atoms with Crippen LogP contribution in [0.5, 0.6) is 0 Å². The fraction of sp³-hybridized carbons (Fsp3) is 0.467. The average Bonchev–Trinajstić information content (AvgIpc) is 2.70. The van der Waals surface area contributed by atoms with Gasteiger partial charge in [0, 0.05) is 0 Å². The van der Waals surface area contributed by atoms with Crippen molar-refractivity contribution in [2.24, 2.45) is 11.3 Å². The monoisotopic (exact) mass is 277 g/mol. The number of aliphatic hydroxyl groups excluding tert-OH is 1. The topological polar surface area (TPSA) is 72.4 Å². The zero-order valence-corrected chi connectivity index (χ0v) is 12.1. The van der Waals surface area contributed by atoms with Crippen LogP contribution >= 0.6 is 0 Å². The van der Waals surface area contributed by atoms with E-state index in [0.717, 1.165) is 4.57 Å². The molecule has 2 aromatic rings. The lowest BCUT2D eigenvalue weighted by atomic mass is 9.81. The summed E-state index contributed by atoms with van der Waals surface area (Å²) in [4.78, 5) is 24.3. The number of aromatic nitrogens is 1. The summed E-state index contributed by atoms with van der Waals surface area (Å²) in [5, 5.41) is 10.2. The third-order valence-electron chi connectivity index (χ3n) is 3.46. The molecule has 0 radical (unpaired) electrons. The van der Waals surface area contributed by atoms with Gasteiger partial charge in [-0.05, 0) is 17.5 Å². The van der Waals surface area contributed by atoms with Crippen molar-refractivity contribution in [3.05, 3.63) is 34.8 Å². The summed E-state index contributed by atoms with van der Waals surface area (Å²) >= 11 is 0. The highest BCUT2D eigenvalue weighted by molar-refractivity contribution is 5.90. The maximum atomic E-state index is 12.5. The molecule has 0 aliphatic rings. The van der Waals surface area contributed by atoms with Crippen LogP contribution in [0.3, 0.4) is 0 Å². The van der Waals surface area contributed by atoms with Crippen molar-refractivity contribution in [2.75, 3.05) is 0 Å². The van der Waals surface area contributed by atoms with Crippen LogP contribution in [0.1, 0.15) is 32.5 Å². The highest BCUT2D eigenvalue weighted by Crippen LogP contribution is 2.26. The van der Waals surface area contributed by atoms with E-state index in [2.05, 4.69) is 0 Å². The Hall–Kier alpha value is -1.88. The zero-order chi connectivity index (χ0) is 15.1. The van der Waals surface area contributed by atoms with Crippen LogP contribution in [0, 0.1) is 11.3 Å². The summed E-state index contributed by atoms with van der Waals surface area (Å²) in [5.41, 5.74) is 0.344. The molecule has 0 saturated heterocycles. The van der Waals surface area contributed by atoms with Gasteiger partial charge in [-0.15, -0.1) is 0 Å². The number of fused-ring (bicyclic) bond motifs is 1.